The fraction of sp³-hybridized carbons (Fsp3) is 0.300. The third-order valence-electron chi connectivity index (χ3n) is 2.50. The van der Waals surface area contributed by atoms with Crippen molar-refractivity contribution in [3.8, 4) is 0 Å². The molecular formula is C10H11N5O2. The second-order valence-electron chi connectivity index (χ2n) is 3.57. The number of fused-ring (bicyclic) bond motifs is 1. The molecule has 88 valence electrons. The summed E-state index contributed by atoms with van der Waals surface area (Å²) >= 11 is 0. The summed E-state index contributed by atoms with van der Waals surface area (Å²) in [6, 6.07) is 5.24. The van der Waals surface area contributed by atoms with Gasteiger partial charge in [-0.15, -0.1) is 0 Å². The molecule has 0 amide bonds. The molecule has 1 aromatic carbocycles. The molecule has 0 saturated carbocycles. The minimum Gasteiger partial charge on any atom is -0.390 e. The molecule has 7 heteroatoms. The highest BCUT2D eigenvalue weighted by molar-refractivity contribution is 5.78. The van der Waals surface area contributed by atoms with Crippen molar-refractivity contribution in [1.29, 1.82) is 0 Å². The molecule has 3 N–H and O–H groups in total. The molecule has 2 aromatic rings. The number of aromatic nitrogens is 2. The minimum absolute atomic E-state index is 0.182. The van der Waals surface area contributed by atoms with Gasteiger partial charge in [-0.2, -0.15) is 0 Å². The molecule has 17 heavy (non-hydrogen) atoms. The lowest BCUT2D eigenvalue weighted by Gasteiger charge is -2.16. The van der Waals surface area contributed by atoms with Gasteiger partial charge in [0.2, 0.25) is 0 Å². The molecule has 1 aromatic heterocycles. The van der Waals surface area contributed by atoms with Gasteiger partial charge in [0.25, 0.3) is 0 Å². The standard InChI is InChI=1S/C10H11N5O2/c11-15-14-4-8(16)10(17)6-2-1-3-7-9(6)13-5-12-7/h1-3,5,8,10,16-17H,4H2,(H,12,13). The zero-order chi connectivity index (χ0) is 12.3. The molecule has 7 nitrogen and oxygen atoms in total. The van der Waals surface area contributed by atoms with Crippen molar-refractivity contribution in [3.63, 3.8) is 0 Å². The van der Waals surface area contributed by atoms with Gasteiger partial charge in [0, 0.05) is 10.5 Å². The molecule has 0 aliphatic rings. The Kier molecular flexibility index (Phi) is 3.24. The SMILES string of the molecule is [N-]=[N+]=NCC(O)C(O)c1cccc2[nH]cnc12. The van der Waals surface area contributed by atoms with Crippen LogP contribution in [0.4, 0.5) is 0 Å². The van der Waals surface area contributed by atoms with Crippen LogP contribution in [0, 0.1) is 0 Å². The first-order valence-corrected chi connectivity index (χ1v) is 5.03. The van der Waals surface area contributed by atoms with Crippen molar-refractivity contribution in [2.24, 2.45) is 5.11 Å². The van der Waals surface area contributed by atoms with Crippen molar-refractivity contribution in [2.75, 3.05) is 6.54 Å². The monoisotopic (exact) mass is 233 g/mol. The zero-order valence-corrected chi connectivity index (χ0v) is 8.85. The number of benzene rings is 1. The lowest BCUT2D eigenvalue weighted by molar-refractivity contribution is 0.0252. The summed E-state index contributed by atoms with van der Waals surface area (Å²) in [6.07, 6.45) is -0.763. The first-order chi connectivity index (χ1) is 8.24. The first-order valence-electron chi connectivity index (χ1n) is 5.03. The van der Waals surface area contributed by atoms with E-state index in [1.165, 1.54) is 6.33 Å². The predicted molar refractivity (Wildman–Crippen MR) is 61.1 cm³/mol. The number of aliphatic hydroxyl groups excluding tert-OH is 2. The van der Waals surface area contributed by atoms with Crippen LogP contribution in [0.2, 0.25) is 0 Å². The molecule has 0 fully saturated rings. The molecule has 0 radical (unpaired) electrons. The Morgan fingerprint density at radius 3 is 3.06 bits per heavy atom. The van der Waals surface area contributed by atoms with Crippen LogP contribution >= 0.6 is 0 Å². The van der Waals surface area contributed by atoms with E-state index in [1.807, 2.05) is 6.07 Å². The van der Waals surface area contributed by atoms with Gasteiger partial charge >= 0.3 is 0 Å². The van der Waals surface area contributed by atoms with Crippen LogP contribution in [0.25, 0.3) is 21.5 Å². The van der Waals surface area contributed by atoms with E-state index < -0.39 is 12.2 Å². The summed E-state index contributed by atoms with van der Waals surface area (Å²) in [5.74, 6) is 0. The van der Waals surface area contributed by atoms with Crippen molar-refractivity contribution >= 4 is 11.0 Å². The molecule has 2 unspecified atom stereocenters. The van der Waals surface area contributed by atoms with Crippen LogP contribution in [0.5, 0.6) is 0 Å². The Balaban J connectivity index is 2.32. The summed E-state index contributed by atoms with van der Waals surface area (Å²) in [6.45, 7) is -0.182. The maximum absolute atomic E-state index is 9.94. The van der Waals surface area contributed by atoms with E-state index in [1.54, 1.807) is 12.1 Å². The quantitative estimate of drug-likeness (QED) is 0.419. The first kappa shape index (κ1) is 11.4. The van der Waals surface area contributed by atoms with Crippen LogP contribution < -0.4 is 0 Å². The summed E-state index contributed by atoms with van der Waals surface area (Å²) in [7, 11) is 0. The molecule has 0 saturated heterocycles. The zero-order valence-electron chi connectivity index (χ0n) is 8.85. The van der Waals surface area contributed by atoms with Gasteiger partial charge in [-0.05, 0) is 11.6 Å². The number of aliphatic hydroxyl groups is 2. The van der Waals surface area contributed by atoms with Crippen LogP contribution in [0.15, 0.2) is 29.6 Å². The molecule has 0 aliphatic heterocycles. The van der Waals surface area contributed by atoms with E-state index in [0.717, 1.165) is 5.52 Å². The highest BCUT2D eigenvalue weighted by Gasteiger charge is 2.20. The van der Waals surface area contributed by atoms with E-state index in [9.17, 15) is 10.2 Å². The Bertz CT molecular complexity index is 561. The Labute approximate surface area is 96.4 Å². The van der Waals surface area contributed by atoms with Crippen molar-refractivity contribution in [2.45, 2.75) is 12.2 Å². The van der Waals surface area contributed by atoms with Gasteiger partial charge in [-0.3, -0.25) is 0 Å². The van der Waals surface area contributed by atoms with E-state index in [4.69, 9.17) is 5.53 Å². The summed E-state index contributed by atoms with van der Waals surface area (Å²) < 4.78 is 0. The molecule has 1 heterocycles. The lowest BCUT2D eigenvalue weighted by atomic mass is 10.0. The van der Waals surface area contributed by atoms with Gasteiger partial charge in [-0.25, -0.2) is 4.98 Å². The third kappa shape index (κ3) is 2.21. The number of imidazole rings is 1. The fourth-order valence-electron chi connectivity index (χ4n) is 1.65. The van der Waals surface area contributed by atoms with E-state index in [0.29, 0.717) is 11.1 Å². The van der Waals surface area contributed by atoms with Gasteiger partial charge in [0.05, 0.1) is 30.0 Å². The van der Waals surface area contributed by atoms with Crippen molar-refractivity contribution in [1.82, 2.24) is 9.97 Å². The molecule has 2 rings (SSSR count). The number of H-pyrrole nitrogens is 1. The molecule has 0 spiro atoms. The van der Waals surface area contributed by atoms with E-state index in [2.05, 4.69) is 20.0 Å². The predicted octanol–water partition coefficient (Wildman–Crippen LogP) is 1.27. The van der Waals surface area contributed by atoms with Crippen LogP contribution in [0.3, 0.4) is 0 Å². The Hall–Kier alpha value is -2.08. The Morgan fingerprint density at radius 1 is 1.47 bits per heavy atom. The van der Waals surface area contributed by atoms with E-state index >= 15 is 0 Å². The molecular weight excluding hydrogens is 222 g/mol. The number of hydrogen-bond acceptors (Lipinski definition) is 4. The second kappa shape index (κ2) is 4.84. The third-order valence-corrected chi connectivity index (χ3v) is 2.50. The van der Waals surface area contributed by atoms with Crippen molar-refractivity contribution in [3.05, 3.63) is 40.5 Å². The van der Waals surface area contributed by atoms with Crippen LogP contribution in [0.1, 0.15) is 11.7 Å². The second-order valence-corrected chi connectivity index (χ2v) is 3.57. The maximum Gasteiger partial charge on any atom is 0.107 e. The highest BCUT2D eigenvalue weighted by Crippen LogP contribution is 2.24. The Morgan fingerprint density at radius 2 is 2.29 bits per heavy atom. The van der Waals surface area contributed by atoms with Gasteiger partial charge in [0.15, 0.2) is 0 Å². The summed E-state index contributed by atoms with van der Waals surface area (Å²) in [4.78, 5) is 9.52. The fourth-order valence-corrected chi connectivity index (χ4v) is 1.65. The number of hydrogen-bond donors (Lipinski definition) is 3. The average Bonchev–Trinajstić information content (AvgIpc) is 2.82. The van der Waals surface area contributed by atoms with Gasteiger partial charge in [-0.1, -0.05) is 17.2 Å². The van der Waals surface area contributed by atoms with E-state index in [-0.39, 0.29) is 6.54 Å². The van der Waals surface area contributed by atoms with Gasteiger partial charge < -0.3 is 15.2 Å². The van der Waals surface area contributed by atoms with Gasteiger partial charge in [0.1, 0.15) is 6.10 Å². The highest BCUT2D eigenvalue weighted by atomic mass is 16.3. The number of rotatable bonds is 4. The lowest BCUT2D eigenvalue weighted by Crippen LogP contribution is -2.21. The number of nitrogens with one attached hydrogen (secondary N) is 1. The van der Waals surface area contributed by atoms with Crippen LogP contribution in [-0.4, -0.2) is 32.8 Å². The minimum atomic E-state index is -1.15. The number of azide groups is 1. The van der Waals surface area contributed by atoms with Crippen molar-refractivity contribution < 1.29 is 10.2 Å². The molecule has 0 bridgehead atoms. The number of aromatic amines is 1. The summed E-state index contributed by atoms with van der Waals surface area (Å²) in [5, 5.41) is 22.8. The maximum atomic E-state index is 9.94. The average molecular weight is 233 g/mol. The largest absolute Gasteiger partial charge is 0.390 e. The smallest absolute Gasteiger partial charge is 0.107 e. The summed E-state index contributed by atoms with van der Waals surface area (Å²) in [5.41, 5.74) is 10.0. The normalized spacial score (nSPS) is 14.2. The molecule has 2 atom stereocenters. The number of para-hydroxylation sites is 1. The topological polar surface area (TPSA) is 118 Å². The number of nitrogens with zero attached hydrogens (tertiary/aromatic N) is 4. The molecule has 0 aliphatic carbocycles. The van der Waals surface area contributed by atoms with Crippen LogP contribution in [-0.2, 0) is 0 Å².